The number of hydrogen-bond acceptors (Lipinski definition) is 7. The average molecular weight is 603 g/mol. The number of phosphoric acid groups is 1. The zero-order valence-corrected chi connectivity index (χ0v) is 24.3. The van der Waals surface area contributed by atoms with Gasteiger partial charge in [-0.1, -0.05) is 54.6 Å². The minimum Gasteiger partial charge on any atom is -0.457 e. The lowest BCUT2D eigenvalue weighted by molar-refractivity contribution is 0.298. The van der Waals surface area contributed by atoms with Crippen molar-refractivity contribution in [3.05, 3.63) is 164 Å². The van der Waals surface area contributed by atoms with E-state index in [1.165, 1.54) is 0 Å². The van der Waals surface area contributed by atoms with Crippen molar-refractivity contribution in [2.75, 3.05) is 0 Å². The molecule has 0 aromatic heterocycles. The predicted octanol–water partition coefficient (Wildman–Crippen LogP) is 10.7. The first-order chi connectivity index (χ1) is 21.6. The standard InChI is InChI=1S/C36H27O7P/c37-44(41-34-22-16-31(17-23-34)38-28-10-4-1-5-11-28,42-35-24-18-32(19-25-35)39-29-12-6-2-7-13-29)43-36-26-20-33(21-27-36)40-30-14-8-3-9-15-30/h1-27H. The summed E-state index contributed by atoms with van der Waals surface area (Å²) in [7, 11) is -4.25. The molecule has 0 saturated heterocycles. The van der Waals surface area contributed by atoms with Crippen LogP contribution in [0.15, 0.2) is 164 Å². The van der Waals surface area contributed by atoms with Crippen molar-refractivity contribution < 1.29 is 32.3 Å². The minimum absolute atomic E-state index is 0.266. The minimum atomic E-state index is -4.25. The van der Waals surface area contributed by atoms with Crippen LogP contribution in [0.25, 0.3) is 0 Å². The molecule has 6 aromatic carbocycles. The van der Waals surface area contributed by atoms with Crippen molar-refractivity contribution >= 4 is 7.82 Å². The second-order valence-electron chi connectivity index (χ2n) is 9.38. The van der Waals surface area contributed by atoms with Gasteiger partial charge in [-0.3, -0.25) is 0 Å². The smallest absolute Gasteiger partial charge is 0.457 e. The number of benzene rings is 6. The number of phosphoric ester groups is 1. The molecule has 44 heavy (non-hydrogen) atoms. The highest BCUT2D eigenvalue weighted by Crippen LogP contribution is 2.50. The second kappa shape index (κ2) is 13.6. The molecular formula is C36H27O7P. The SMILES string of the molecule is O=P(Oc1ccc(Oc2ccccc2)cc1)(Oc1ccc(Oc2ccccc2)cc1)Oc1ccc(Oc2ccccc2)cc1. The van der Waals surface area contributed by atoms with Gasteiger partial charge in [0.05, 0.1) is 0 Å². The van der Waals surface area contributed by atoms with Gasteiger partial charge in [-0.2, -0.15) is 4.57 Å². The molecule has 6 rings (SSSR count). The van der Waals surface area contributed by atoms with Gasteiger partial charge in [0.1, 0.15) is 51.7 Å². The Kier molecular flexibility index (Phi) is 8.77. The van der Waals surface area contributed by atoms with Crippen molar-refractivity contribution in [3.63, 3.8) is 0 Å². The number of hydrogen-bond donors (Lipinski definition) is 0. The van der Waals surface area contributed by atoms with Gasteiger partial charge in [-0.05, 0) is 109 Å². The van der Waals surface area contributed by atoms with E-state index in [0.717, 1.165) is 0 Å². The fourth-order valence-electron chi connectivity index (χ4n) is 4.02. The van der Waals surface area contributed by atoms with E-state index in [1.54, 1.807) is 72.8 Å². The van der Waals surface area contributed by atoms with Crippen LogP contribution in [0, 0.1) is 0 Å². The van der Waals surface area contributed by atoms with E-state index < -0.39 is 7.82 Å². The van der Waals surface area contributed by atoms with E-state index in [1.807, 2.05) is 91.0 Å². The third kappa shape index (κ3) is 8.00. The highest BCUT2D eigenvalue weighted by atomic mass is 31.2. The van der Waals surface area contributed by atoms with Crippen LogP contribution in [-0.4, -0.2) is 0 Å². The molecule has 0 saturated carbocycles. The number of ether oxygens (including phenoxy) is 3. The van der Waals surface area contributed by atoms with Crippen molar-refractivity contribution in [2.45, 2.75) is 0 Å². The molecule has 0 aliphatic rings. The Hall–Kier alpha value is -5.65. The number of rotatable bonds is 12. The molecular weight excluding hydrogens is 575 g/mol. The molecule has 6 aromatic rings. The normalized spacial score (nSPS) is 10.8. The Morgan fingerprint density at radius 3 is 0.727 bits per heavy atom. The Balaban J connectivity index is 1.19. The summed E-state index contributed by atoms with van der Waals surface area (Å²) < 4.78 is 49.2. The lowest BCUT2D eigenvalue weighted by atomic mass is 10.3. The Bertz CT molecular complexity index is 1580. The fraction of sp³-hybridized carbons (Fsp3) is 0. The summed E-state index contributed by atoms with van der Waals surface area (Å²) in [5, 5.41) is 0. The van der Waals surface area contributed by atoms with Crippen LogP contribution in [0.5, 0.6) is 51.7 Å². The Labute approximate surface area is 255 Å². The molecule has 0 amide bonds. The molecule has 0 fully saturated rings. The van der Waals surface area contributed by atoms with Gasteiger partial charge in [0, 0.05) is 0 Å². The third-order valence-electron chi connectivity index (χ3n) is 6.06. The van der Waals surface area contributed by atoms with Crippen molar-refractivity contribution in [3.8, 4) is 51.7 Å². The monoisotopic (exact) mass is 602 g/mol. The van der Waals surface area contributed by atoms with Crippen LogP contribution in [0.2, 0.25) is 0 Å². The van der Waals surface area contributed by atoms with Crippen LogP contribution in [0.3, 0.4) is 0 Å². The van der Waals surface area contributed by atoms with Crippen LogP contribution in [0.1, 0.15) is 0 Å². The molecule has 0 bridgehead atoms. The highest BCUT2D eigenvalue weighted by molar-refractivity contribution is 7.49. The van der Waals surface area contributed by atoms with Gasteiger partial charge in [-0.25, -0.2) is 0 Å². The Morgan fingerprint density at radius 2 is 0.477 bits per heavy atom. The molecule has 0 aliphatic heterocycles. The zero-order valence-electron chi connectivity index (χ0n) is 23.4. The largest absolute Gasteiger partial charge is 0.647 e. The lowest BCUT2D eigenvalue weighted by Crippen LogP contribution is -2.07. The van der Waals surface area contributed by atoms with Crippen molar-refractivity contribution in [1.29, 1.82) is 0 Å². The maximum Gasteiger partial charge on any atom is 0.647 e. The second-order valence-corrected chi connectivity index (χ2v) is 10.8. The van der Waals surface area contributed by atoms with Crippen molar-refractivity contribution in [2.24, 2.45) is 0 Å². The lowest BCUT2D eigenvalue weighted by Gasteiger charge is -2.20. The molecule has 218 valence electrons. The van der Waals surface area contributed by atoms with Crippen molar-refractivity contribution in [1.82, 2.24) is 0 Å². The van der Waals surface area contributed by atoms with E-state index in [-0.39, 0.29) is 17.2 Å². The topological polar surface area (TPSA) is 72.5 Å². The first-order valence-corrected chi connectivity index (χ1v) is 15.2. The average Bonchev–Trinajstić information content (AvgIpc) is 3.05. The highest BCUT2D eigenvalue weighted by Gasteiger charge is 2.33. The molecule has 0 unspecified atom stereocenters. The van der Waals surface area contributed by atoms with E-state index in [9.17, 15) is 4.57 Å². The summed E-state index contributed by atoms with van der Waals surface area (Å²) in [4.78, 5) is 0. The summed E-state index contributed by atoms with van der Waals surface area (Å²) in [5.41, 5.74) is 0. The maximum absolute atomic E-state index is 14.1. The molecule has 0 radical (unpaired) electrons. The van der Waals surface area contributed by atoms with Crippen LogP contribution in [0.4, 0.5) is 0 Å². The first-order valence-electron chi connectivity index (χ1n) is 13.8. The van der Waals surface area contributed by atoms with Crippen LogP contribution < -0.4 is 27.8 Å². The zero-order chi connectivity index (χ0) is 30.0. The maximum atomic E-state index is 14.1. The van der Waals surface area contributed by atoms with Gasteiger partial charge in [0.25, 0.3) is 0 Å². The molecule has 0 atom stereocenters. The predicted molar refractivity (Wildman–Crippen MR) is 168 cm³/mol. The van der Waals surface area contributed by atoms with E-state index in [0.29, 0.717) is 34.5 Å². The summed E-state index contributed by atoms with van der Waals surface area (Å²) in [6.07, 6.45) is 0. The quantitative estimate of drug-likeness (QED) is 0.129. The molecule has 0 spiro atoms. The summed E-state index contributed by atoms with van der Waals surface area (Å²) in [6, 6.07) is 48.2. The van der Waals surface area contributed by atoms with Gasteiger partial charge in [-0.15, -0.1) is 0 Å². The van der Waals surface area contributed by atoms with Crippen LogP contribution >= 0.6 is 7.82 Å². The third-order valence-corrected chi connectivity index (χ3v) is 7.36. The van der Waals surface area contributed by atoms with E-state index >= 15 is 0 Å². The molecule has 0 aliphatic carbocycles. The summed E-state index contributed by atoms with van der Waals surface area (Å²) in [5.74, 6) is 4.63. The van der Waals surface area contributed by atoms with Gasteiger partial charge < -0.3 is 27.8 Å². The molecule has 8 heteroatoms. The number of para-hydroxylation sites is 3. The first kappa shape index (κ1) is 28.5. The van der Waals surface area contributed by atoms with Crippen LogP contribution in [-0.2, 0) is 4.57 Å². The molecule has 0 heterocycles. The summed E-state index contributed by atoms with van der Waals surface area (Å²) >= 11 is 0. The van der Waals surface area contributed by atoms with Gasteiger partial charge in [0.15, 0.2) is 0 Å². The molecule has 0 N–H and O–H groups in total. The summed E-state index contributed by atoms with van der Waals surface area (Å²) in [6.45, 7) is 0. The van der Waals surface area contributed by atoms with Gasteiger partial charge in [0.2, 0.25) is 0 Å². The Morgan fingerprint density at radius 1 is 0.273 bits per heavy atom. The van der Waals surface area contributed by atoms with E-state index in [2.05, 4.69) is 0 Å². The van der Waals surface area contributed by atoms with Gasteiger partial charge >= 0.3 is 7.82 Å². The molecule has 7 nitrogen and oxygen atoms in total. The fourth-order valence-corrected chi connectivity index (χ4v) is 5.27. The van der Waals surface area contributed by atoms with E-state index in [4.69, 9.17) is 27.8 Å².